The van der Waals surface area contributed by atoms with E-state index in [9.17, 15) is 70.9 Å². The number of fused-ring (bicyclic) bond motifs is 1. The highest BCUT2D eigenvalue weighted by molar-refractivity contribution is 5.89. The maximum atomic E-state index is 14.5. The smallest absolute Gasteiger partial charge is 0.331 e. The molecular formula is C42H46O22. The molecule has 0 amide bonds. The largest absolute Gasteiger partial charge is 0.508 e. The van der Waals surface area contributed by atoms with E-state index >= 15 is 0 Å². The van der Waals surface area contributed by atoms with Gasteiger partial charge in [0, 0.05) is 23.8 Å². The third-order valence-corrected chi connectivity index (χ3v) is 10.8. The third kappa shape index (κ3) is 9.50. The van der Waals surface area contributed by atoms with Crippen molar-refractivity contribution in [2.45, 2.75) is 99.0 Å². The molecule has 22 nitrogen and oxygen atoms in total. The second-order valence-electron chi connectivity index (χ2n) is 15.2. The van der Waals surface area contributed by atoms with E-state index in [4.69, 9.17) is 37.6 Å². The molecule has 0 bridgehead atoms. The highest BCUT2D eigenvalue weighted by Gasteiger charge is 2.52. The van der Waals surface area contributed by atoms with Gasteiger partial charge in [-0.25, -0.2) is 4.79 Å². The monoisotopic (exact) mass is 902 g/mol. The van der Waals surface area contributed by atoms with E-state index in [1.807, 2.05) is 0 Å². The number of ether oxygens (including phenoxy) is 7. The summed E-state index contributed by atoms with van der Waals surface area (Å²) in [5.74, 6) is -3.51. The predicted octanol–water partition coefficient (Wildman–Crippen LogP) is -1.95. The van der Waals surface area contributed by atoms with Crippen LogP contribution in [0.1, 0.15) is 12.5 Å². The van der Waals surface area contributed by atoms with Gasteiger partial charge in [-0.2, -0.15) is 0 Å². The van der Waals surface area contributed by atoms with Crippen LogP contribution >= 0.6 is 0 Å². The highest BCUT2D eigenvalue weighted by atomic mass is 16.8. The number of rotatable bonds is 12. The Morgan fingerprint density at radius 3 is 1.86 bits per heavy atom. The molecule has 22 heteroatoms. The Morgan fingerprint density at radius 2 is 1.25 bits per heavy atom. The Bertz CT molecular complexity index is 2340. The van der Waals surface area contributed by atoms with E-state index in [-0.39, 0.29) is 22.8 Å². The zero-order chi connectivity index (χ0) is 46.1. The Hall–Kier alpha value is -5.44. The molecule has 3 aliphatic heterocycles. The van der Waals surface area contributed by atoms with E-state index in [0.29, 0.717) is 5.56 Å². The second-order valence-corrected chi connectivity index (χ2v) is 15.2. The second kappa shape index (κ2) is 19.3. The molecule has 12 N–H and O–H groups in total. The number of carbonyl (C=O) groups is 1. The van der Waals surface area contributed by atoms with Crippen LogP contribution in [0.15, 0.2) is 76.0 Å². The zero-order valence-corrected chi connectivity index (χ0v) is 33.5. The van der Waals surface area contributed by atoms with E-state index < -0.39 is 145 Å². The van der Waals surface area contributed by atoms with Crippen molar-refractivity contribution < 1.29 is 104 Å². The third-order valence-electron chi connectivity index (χ3n) is 10.8. The summed E-state index contributed by atoms with van der Waals surface area (Å²) in [5, 5.41) is 125. The number of phenols is 3. The lowest BCUT2D eigenvalue weighted by Gasteiger charge is -2.45. The SMILES string of the molecule is CC1OC(OC2C(Oc3c(-c4ccc(O)cc4)oc4cc(OC5OC(CO)C(O)C(O)C5OC(=O)C=Cc5ccc(O)cc5)cc(O)c4c3=O)OC(CO)C(O)C2O)C(O)C(O)C1O. The summed E-state index contributed by atoms with van der Waals surface area (Å²) in [4.78, 5) is 27.4. The molecule has 3 saturated heterocycles. The average Bonchev–Trinajstić information content (AvgIpc) is 3.27. The fourth-order valence-corrected chi connectivity index (χ4v) is 7.26. The number of aromatic hydroxyl groups is 3. The molecule has 3 aliphatic rings. The molecule has 15 unspecified atom stereocenters. The maximum Gasteiger partial charge on any atom is 0.331 e. The molecule has 4 aromatic rings. The highest BCUT2D eigenvalue weighted by Crippen LogP contribution is 2.39. The molecular weight excluding hydrogens is 856 g/mol. The van der Waals surface area contributed by atoms with E-state index in [1.165, 1.54) is 61.5 Å². The molecule has 346 valence electrons. The quantitative estimate of drug-likeness (QED) is 0.0543. The van der Waals surface area contributed by atoms with Crippen LogP contribution in [0.3, 0.4) is 0 Å². The number of esters is 1. The first-order valence-electron chi connectivity index (χ1n) is 19.7. The summed E-state index contributed by atoms with van der Waals surface area (Å²) in [7, 11) is 0. The predicted molar refractivity (Wildman–Crippen MR) is 212 cm³/mol. The number of benzene rings is 3. The number of aliphatic hydroxyl groups is 9. The summed E-state index contributed by atoms with van der Waals surface area (Å²) in [6.45, 7) is -0.344. The topological polar surface area (TPSA) is 355 Å². The molecule has 0 aliphatic carbocycles. The van der Waals surface area contributed by atoms with E-state index in [1.54, 1.807) is 0 Å². The van der Waals surface area contributed by atoms with Crippen molar-refractivity contribution >= 4 is 23.0 Å². The molecule has 64 heavy (non-hydrogen) atoms. The molecule has 1 aromatic heterocycles. The van der Waals surface area contributed by atoms with Crippen LogP contribution in [0.4, 0.5) is 0 Å². The minimum absolute atomic E-state index is 0.0143. The number of aliphatic hydroxyl groups excluding tert-OH is 9. The molecule has 3 fully saturated rings. The molecule has 0 radical (unpaired) electrons. The van der Waals surface area contributed by atoms with Crippen molar-refractivity contribution in [3.63, 3.8) is 0 Å². The van der Waals surface area contributed by atoms with Crippen molar-refractivity contribution in [1.29, 1.82) is 0 Å². The lowest BCUT2D eigenvalue weighted by molar-refractivity contribution is -0.354. The first-order chi connectivity index (χ1) is 30.5. The van der Waals surface area contributed by atoms with Crippen molar-refractivity contribution in [2.75, 3.05) is 13.2 Å². The van der Waals surface area contributed by atoms with Gasteiger partial charge in [0.1, 0.15) is 88.9 Å². The summed E-state index contributed by atoms with van der Waals surface area (Å²) >= 11 is 0. The van der Waals surface area contributed by atoms with Crippen molar-refractivity contribution in [3.05, 3.63) is 82.5 Å². The van der Waals surface area contributed by atoms with Crippen molar-refractivity contribution in [2.24, 2.45) is 0 Å². The normalized spacial score (nSPS) is 33.2. The van der Waals surface area contributed by atoms with Gasteiger partial charge >= 0.3 is 5.97 Å². The molecule has 0 saturated carbocycles. The summed E-state index contributed by atoms with van der Waals surface area (Å²) in [6, 6.07) is 12.8. The van der Waals surface area contributed by atoms with Crippen LogP contribution in [-0.4, -0.2) is 173 Å². The van der Waals surface area contributed by atoms with Gasteiger partial charge in [-0.15, -0.1) is 0 Å². The number of hydrogen-bond donors (Lipinski definition) is 12. The van der Waals surface area contributed by atoms with Crippen LogP contribution in [0.5, 0.6) is 28.7 Å². The summed E-state index contributed by atoms with van der Waals surface area (Å²) < 4.78 is 46.1. The molecule has 7 rings (SSSR count). The van der Waals surface area contributed by atoms with Gasteiger partial charge < -0.3 is 98.9 Å². The van der Waals surface area contributed by atoms with Crippen LogP contribution in [0.25, 0.3) is 28.4 Å². The average molecular weight is 903 g/mol. The van der Waals surface area contributed by atoms with E-state index in [2.05, 4.69) is 0 Å². The fraction of sp³-hybridized carbons (Fsp3) is 0.429. The van der Waals surface area contributed by atoms with Gasteiger partial charge in [0.05, 0.1) is 19.3 Å². The number of hydrogen-bond acceptors (Lipinski definition) is 22. The first-order valence-corrected chi connectivity index (χ1v) is 19.7. The Balaban J connectivity index is 1.24. The van der Waals surface area contributed by atoms with Gasteiger partial charge in [-0.05, 0) is 55.0 Å². The van der Waals surface area contributed by atoms with Gasteiger partial charge in [0.15, 0.2) is 24.3 Å². The molecule has 0 spiro atoms. The Labute approximate surface area is 361 Å². The maximum absolute atomic E-state index is 14.5. The summed E-state index contributed by atoms with van der Waals surface area (Å²) in [6.07, 6.45) is -23.6. The van der Waals surface area contributed by atoms with Gasteiger partial charge in [-0.3, -0.25) is 4.79 Å². The van der Waals surface area contributed by atoms with Crippen LogP contribution in [0, 0.1) is 0 Å². The Morgan fingerprint density at radius 1 is 0.672 bits per heavy atom. The van der Waals surface area contributed by atoms with Gasteiger partial charge in [0.2, 0.25) is 23.8 Å². The number of phenolic OH excluding ortho intramolecular Hbond substituents is 3. The minimum Gasteiger partial charge on any atom is -0.508 e. The van der Waals surface area contributed by atoms with Gasteiger partial charge in [0.25, 0.3) is 0 Å². The molecule has 3 aromatic carbocycles. The fourth-order valence-electron chi connectivity index (χ4n) is 7.26. The van der Waals surface area contributed by atoms with Crippen molar-refractivity contribution in [3.8, 4) is 40.1 Å². The number of carbonyl (C=O) groups excluding carboxylic acids is 1. The van der Waals surface area contributed by atoms with Crippen LogP contribution in [-0.2, 0) is 28.5 Å². The lowest BCUT2D eigenvalue weighted by atomic mass is 9.97. The first kappa shape index (κ1) is 46.5. The van der Waals surface area contributed by atoms with E-state index in [0.717, 1.165) is 18.2 Å². The van der Waals surface area contributed by atoms with Crippen LogP contribution in [0.2, 0.25) is 0 Å². The summed E-state index contributed by atoms with van der Waals surface area (Å²) in [5.41, 5.74) is -0.934. The zero-order valence-electron chi connectivity index (χ0n) is 33.5. The standard InChI is InChI=1S/C42H46O22/c1-16-28(49)32(53)35(56)40(57-16)64-39-34(55)30(51)25(15-44)61-42(39)63-37-31(52)27-22(47)12-21(13-23(27)59-36(37)18-5-9-20(46)10-6-18)58-41-38(33(54)29(50)24(14-43)60-41)62-26(48)11-4-17-2-7-19(45)8-3-17/h2-13,16,24-25,28-30,32-35,38-47,49-51,53-56H,14-15H2,1H3. The minimum atomic E-state index is -1.98. The Kier molecular flexibility index (Phi) is 14.1. The van der Waals surface area contributed by atoms with Crippen molar-refractivity contribution in [1.82, 2.24) is 0 Å². The molecule has 15 atom stereocenters. The lowest BCUT2D eigenvalue weighted by Crippen LogP contribution is -2.64. The van der Waals surface area contributed by atoms with Gasteiger partial charge in [-0.1, -0.05) is 12.1 Å². The van der Waals surface area contributed by atoms with Crippen LogP contribution < -0.4 is 14.9 Å². The molecule has 4 heterocycles.